The van der Waals surface area contributed by atoms with Crippen molar-refractivity contribution in [2.75, 3.05) is 13.6 Å². The largest absolute Gasteiger partial charge is 0.352 e. The van der Waals surface area contributed by atoms with Crippen LogP contribution in [0.1, 0.15) is 37.0 Å². The van der Waals surface area contributed by atoms with Crippen molar-refractivity contribution in [3.8, 4) is 0 Å². The summed E-state index contributed by atoms with van der Waals surface area (Å²) in [5, 5.41) is 3.02. The maximum absolute atomic E-state index is 13.9. The van der Waals surface area contributed by atoms with Gasteiger partial charge in [-0.15, -0.1) is 0 Å². The van der Waals surface area contributed by atoms with Gasteiger partial charge in [0, 0.05) is 30.5 Å². The molecule has 0 saturated carbocycles. The molecular weight excluding hydrogens is 578 g/mol. The third-order valence-corrected chi connectivity index (χ3v) is 8.97. The fourth-order valence-corrected chi connectivity index (χ4v) is 5.42. The molecule has 9 heteroatoms. The summed E-state index contributed by atoms with van der Waals surface area (Å²) < 4.78 is 28.4. The molecular formula is C30H36BrN3O4S. The van der Waals surface area contributed by atoms with Crippen LogP contribution in [0.5, 0.6) is 0 Å². The monoisotopic (exact) mass is 613 g/mol. The lowest BCUT2D eigenvalue weighted by atomic mass is 10.0. The van der Waals surface area contributed by atoms with Gasteiger partial charge in [-0.05, 0) is 55.7 Å². The first-order chi connectivity index (χ1) is 18.5. The maximum Gasteiger partial charge on any atom is 0.243 e. The van der Waals surface area contributed by atoms with Crippen LogP contribution in [0.3, 0.4) is 0 Å². The van der Waals surface area contributed by atoms with Gasteiger partial charge in [0.1, 0.15) is 6.04 Å². The van der Waals surface area contributed by atoms with E-state index >= 15 is 0 Å². The Morgan fingerprint density at radius 3 is 2.13 bits per heavy atom. The zero-order valence-corrected chi connectivity index (χ0v) is 25.2. The molecule has 0 aliphatic carbocycles. The van der Waals surface area contributed by atoms with E-state index in [1.54, 1.807) is 12.1 Å². The Morgan fingerprint density at radius 1 is 0.923 bits per heavy atom. The molecule has 0 radical (unpaired) electrons. The van der Waals surface area contributed by atoms with Crippen molar-refractivity contribution in [1.82, 2.24) is 14.5 Å². The third-order valence-electron chi connectivity index (χ3n) is 6.63. The first-order valence-corrected chi connectivity index (χ1v) is 15.2. The van der Waals surface area contributed by atoms with Gasteiger partial charge in [-0.1, -0.05) is 83.0 Å². The zero-order valence-electron chi connectivity index (χ0n) is 22.8. The molecule has 0 aliphatic rings. The van der Waals surface area contributed by atoms with Crippen LogP contribution in [0.15, 0.2) is 88.2 Å². The van der Waals surface area contributed by atoms with Gasteiger partial charge in [0.05, 0.1) is 11.4 Å². The Kier molecular flexibility index (Phi) is 10.9. The van der Waals surface area contributed by atoms with Gasteiger partial charge in [0.15, 0.2) is 0 Å². The molecule has 0 aliphatic heterocycles. The summed E-state index contributed by atoms with van der Waals surface area (Å²) in [6.07, 6.45) is 1.03. The number of nitrogens with zero attached hydrogens (tertiary/aromatic N) is 2. The molecule has 7 nitrogen and oxygen atoms in total. The second-order valence-corrected chi connectivity index (χ2v) is 12.7. The summed E-state index contributed by atoms with van der Waals surface area (Å²) in [5.41, 5.74) is 2.66. The van der Waals surface area contributed by atoms with E-state index in [4.69, 9.17) is 0 Å². The standard InChI is InChI=1S/C30H36BrN3O4S/c1-5-23(3)32-30(36)28(19-24-9-7-6-8-10-24)34(20-25-13-15-26(31)16-14-25)29(35)21-33(4)39(37,38)27-17-11-22(2)12-18-27/h6-18,23,28H,5,19-21H2,1-4H3,(H,32,36)/t23-,28-/m1/s1. The van der Waals surface area contributed by atoms with Crippen LogP contribution >= 0.6 is 15.9 Å². The molecule has 0 aromatic heterocycles. The molecule has 3 aromatic rings. The van der Waals surface area contributed by atoms with E-state index in [1.165, 1.54) is 24.1 Å². The van der Waals surface area contributed by atoms with Crippen LogP contribution in [-0.2, 0) is 32.6 Å². The van der Waals surface area contributed by atoms with E-state index in [-0.39, 0.29) is 23.4 Å². The molecule has 0 saturated heterocycles. The minimum atomic E-state index is -3.91. The van der Waals surface area contributed by atoms with Crippen LogP contribution in [0.4, 0.5) is 0 Å². The first kappa shape index (κ1) is 30.5. The first-order valence-electron chi connectivity index (χ1n) is 12.9. The Labute approximate surface area is 240 Å². The number of hydrogen-bond acceptors (Lipinski definition) is 4. The van der Waals surface area contributed by atoms with E-state index in [9.17, 15) is 18.0 Å². The Bertz CT molecular complexity index is 1350. The Balaban J connectivity index is 1.97. The minimum absolute atomic E-state index is 0.0787. The van der Waals surface area contributed by atoms with Gasteiger partial charge in [-0.25, -0.2) is 8.42 Å². The molecule has 208 valence electrons. The molecule has 0 bridgehead atoms. The average molecular weight is 615 g/mol. The van der Waals surface area contributed by atoms with Crippen molar-refractivity contribution >= 4 is 37.8 Å². The highest BCUT2D eigenvalue weighted by Gasteiger charge is 2.33. The SMILES string of the molecule is CC[C@@H](C)NC(=O)[C@@H](Cc1ccccc1)N(Cc1ccc(Br)cc1)C(=O)CN(C)S(=O)(=O)c1ccc(C)cc1. The molecule has 39 heavy (non-hydrogen) atoms. The van der Waals surface area contributed by atoms with Crippen molar-refractivity contribution in [3.63, 3.8) is 0 Å². The Hall–Kier alpha value is -3.01. The lowest BCUT2D eigenvalue weighted by Gasteiger charge is -2.33. The molecule has 3 rings (SSSR count). The number of nitrogens with one attached hydrogen (secondary N) is 1. The number of amides is 2. The molecule has 1 N–H and O–H groups in total. The summed E-state index contributed by atoms with van der Waals surface area (Å²) in [5.74, 6) is -0.737. The zero-order chi connectivity index (χ0) is 28.6. The second kappa shape index (κ2) is 13.9. The van der Waals surface area contributed by atoms with Crippen molar-refractivity contribution in [2.45, 2.75) is 57.1 Å². The molecule has 2 amide bonds. The summed E-state index contributed by atoms with van der Waals surface area (Å²) in [6, 6.07) is 22.6. The molecule has 0 spiro atoms. The molecule has 0 fully saturated rings. The number of rotatable bonds is 12. The van der Waals surface area contributed by atoms with E-state index in [0.717, 1.165) is 31.9 Å². The average Bonchev–Trinajstić information content (AvgIpc) is 2.92. The smallest absolute Gasteiger partial charge is 0.243 e. The lowest BCUT2D eigenvalue weighted by molar-refractivity contribution is -0.141. The van der Waals surface area contributed by atoms with Gasteiger partial charge >= 0.3 is 0 Å². The fraction of sp³-hybridized carbons (Fsp3) is 0.333. The Morgan fingerprint density at radius 2 is 1.54 bits per heavy atom. The fourth-order valence-electron chi connectivity index (χ4n) is 4.04. The van der Waals surface area contributed by atoms with Crippen LogP contribution < -0.4 is 5.32 Å². The van der Waals surface area contributed by atoms with Crippen LogP contribution in [0.2, 0.25) is 0 Å². The van der Waals surface area contributed by atoms with Crippen LogP contribution in [0, 0.1) is 6.92 Å². The quantitative estimate of drug-likeness (QED) is 0.314. The number of halogens is 1. The number of sulfonamides is 1. The topological polar surface area (TPSA) is 86.8 Å². The highest BCUT2D eigenvalue weighted by Crippen LogP contribution is 2.20. The van der Waals surface area contributed by atoms with Gasteiger partial charge in [-0.3, -0.25) is 9.59 Å². The summed E-state index contributed by atoms with van der Waals surface area (Å²) in [4.78, 5) is 29.1. The van der Waals surface area contributed by atoms with Crippen molar-refractivity contribution in [1.29, 1.82) is 0 Å². The summed E-state index contributed by atoms with van der Waals surface area (Å²) in [7, 11) is -2.53. The predicted octanol–water partition coefficient (Wildman–Crippen LogP) is 4.93. The maximum atomic E-state index is 13.9. The lowest BCUT2D eigenvalue weighted by Crippen LogP contribution is -2.54. The second-order valence-electron chi connectivity index (χ2n) is 9.75. The van der Waals surface area contributed by atoms with Gasteiger partial charge in [0.25, 0.3) is 0 Å². The number of carbonyl (C=O) groups excluding carboxylic acids is 2. The summed E-state index contributed by atoms with van der Waals surface area (Å²) in [6.45, 7) is 5.51. The minimum Gasteiger partial charge on any atom is -0.352 e. The van der Waals surface area contributed by atoms with Gasteiger partial charge in [0.2, 0.25) is 21.8 Å². The van der Waals surface area contributed by atoms with Crippen molar-refractivity contribution in [3.05, 3.63) is 100 Å². The number of aryl methyl sites for hydroxylation is 1. The van der Waals surface area contributed by atoms with Crippen LogP contribution in [-0.4, -0.2) is 55.1 Å². The summed E-state index contributed by atoms with van der Waals surface area (Å²) >= 11 is 3.44. The van der Waals surface area contributed by atoms with Crippen molar-refractivity contribution < 1.29 is 18.0 Å². The highest BCUT2D eigenvalue weighted by atomic mass is 79.9. The molecule has 2 atom stereocenters. The normalized spacial score (nSPS) is 13.1. The number of carbonyl (C=O) groups is 2. The highest BCUT2D eigenvalue weighted by molar-refractivity contribution is 9.10. The van der Waals surface area contributed by atoms with Crippen LogP contribution in [0.25, 0.3) is 0 Å². The van der Waals surface area contributed by atoms with E-state index < -0.39 is 28.5 Å². The molecule has 3 aromatic carbocycles. The number of benzene rings is 3. The van der Waals surface area contributed by atoms with Crippen molar-refractivity contribution in [2.24, 2.45) is 0 Å². The third kappa shape index (κ3) is 8.49. The van der Waals surface area contributed by atoms with Gasteiger partial charge in [-0.2, -0.15) is 4.31 Å². The molecule has 0 heterocycles. The number of hydrogen-bond donors (Lipinski definition) is 1. The predicted molar refractivity (Wildman–Crippen MR) is 158 cm³/mol. The van der Waals surface area contributed by atoms with E-state index in [2.05, 4.69) is 21.2 Å². The van der Waals surface area contributed by atoms with E-state index in [0.29, 0.717) is 6.42 Å². The molecule has 0 unspecified atom stereocenters. The van der Waals surface area contributed by atoms with Gasteiger partial charge < -0.3 is 10.2 Å². The van der Waals surface area contributed by atoms with E-state index in [1.807, 2.05) is 75.4 Å². The number of likely N-dealkylation sites (N-methyl/N-ethyl adjacent to an activating group) is 1.